The van der Waals surface area contributed by atoms with Crippen LogP contribution in [0, 0.1) is 10.1 Å². The van der Waals surface area contributed by atoms with Crippen molar-refractivity contribution in [2.24, 2.45) is 0 Å². The van der Waals surface area contributed by atoms with Gasteiger partial charge in [0.05, 0.1) is 9.82 Å². The number of nitrogens with zero attached hydrogens (tertiary/aromatic N) is 2. The molecule has 2 aromatic rings. The van der Waals surface area contributed by atoms with E-state index in [1.807, 2.05) is 0 Å². The molecule has 1 aromatic heterocycles. The quantitative estimate of drug-likeness (QED) is 0.662. The number of nitro groups is 1. The first-order valence-corrected chi connectivity index (χ1v) is 6.15. The Kier molecular flexibility index (Phi) is 2.98. The lowest BCUT2D eigenvalue weighted by Crippen LogP contribution is -2.13. The Morgan fingerprint density at radius 3 is 2.39 bits per heavy atom. The van der Waals surface area contributed by atoms with Gasteiger partial charge < -0.3 is 4.52 Å². The molecule has 0 aliphatic rings. The summed E-state index contributed by atoms with van der Waals surface area (Å²) in [5, 5.41) is 13.8. The van der Waals surface area contributed by atoms with Gasteiger partial charge in [-0.2, -0.15) is 0 Å². The van der Waals surface area contributed by atoms with E-state index in [9.17, 15) is 18.5 Å². The minimum absolute atomic E-state index is 0.0355. The van der Waals surface area contributed by atoms with E-state index in [1.54, 1.807) is 0 Å². The van der Waals surface area contributed by atoms with Crippen LogP contribution in [0.15, 0.2) is 46.0 Å². The molecule has 0 amide bonds. The maximum Gasteiger partial charge on any atom is 0.269 e. The highest BCUT2D eigenvalue weighted by Crippen LogP contribution is 2.18. The number of anilines is 1. The number of sulfonamides is 1. The first-order valence-electron chi connectivity index (χ1n) is 4.67. The Bertz CT molecular complexity index is 648. The van der Waals surface area contributed by atoms with E-state index in [4.69, 9.17) is 0 Å². The fraction of sp³-hybridized carbons (Fsp3) is 0. The van der Waals surface area contributed by atoms with Crippen LogP contribution in [0.5, 0.6) is 0 Å². The van der Waals surface area contributed by atoms with Crippen molar-refractivity contribution in [2.75, 3.05) is 4.72 Å². The summed E-state index contributed by atoms with van der Waals surface area (Å²) in [6.07, 6.45) is 1.22. The minimum Gasteiger partial charge on any atom is -0.363 e. The van der Waals surface area contributed by atoms with Gasteiger partial charge >= 0.3 is 0 Å². The second-order valence-corrected chi connectivity index (χ2v) is 4.92. The van der Waals surface area contributed by atoms with Gasteiger partial charge in [0.1, 0.15) is 6.26 Å². The Morgan fingerprint density at radius 2 is 1.89 bits per heavy atom. The molecule has 2 rings (SSSR count). The van der Waals surface area contributed by atoms with Gasteiger partial charge in [-0.1, -0.05) is 5.16 Å². The van der Waals surface area contributed by atoms with Gasteiger partial charge in [-0.15, -0.1) is 0 Å². The predicted molar refractivity (Wildman–Crippen MR) is 60.4 cm³/mol. The SMILES string of the molecule is O=[N+]([O-])c1ccc(S(=O)(=O)Nc2ccon2)cc1. The van der Waals surface area contributed by atoms with Crippen LogP contribution in [0.25, 0.3) is 0 Å². The summed E-state index contributed by atoms with van der Waals surface area (Å²) in [6.45, 7) is 0. The van der Waals surface area contributed by atoms with Gasteiger partial charge in [0.15, 0.2) is 5.82 Å². The summed E-state index contributed by atoms with van der Waals surface area (Å²) in [5.41, 5.74) is -0.185. The predicted octanol–water partition coefficient (Wildman–Crippen LogP) is 1.38. The van der Waals surface area contributed by atoms with E-state index < -0.39 is 14.9 Å². The topological polar surface area (TPSA) is 115 Å². The van der Waals surface area contributed by atoms with E-state index in [-0.39, 0.29) is 16.4 Å². The first-order chi connectivity index (χ1) is 8.49. The molecule has 18 heavy (non-hydrogen) atoms. The lowest BCUT2D eigenvalue weighted by Gasteiger charge is -2.03. The van der Waals surface area contributed by atoms with Crippen LogP contribution in [0.4, 0.5) is 11.5 Å². The van der Waals surface area contributed by atoms with E-state index in [2.05, 4.69) is 14.4 Å². The van der Waals surface area contributed by atoms with Crippen molar-refractivity contribution in [2.45, 2.75) is 4.90 Å². The monoisotopic (exact) mass is 269 g/mol. The number of hydrogen-bond acceptors (Lipinski definition) is 6. The molecule has 8 nitrogen and oxygen atoms in total. The van der Waals surface area contributed by atoms with Crippen molar-refractivity contribution in [1.82, 2.24) is 5.16 Å². The molecule has 0 aliphatic heterocycles. The highest BCUT2D eigenvalue weighted by atomic mass is 32.2. The van der Waals surface area contributed by atoms with Crippen LogP contribution >= 0.6 is 0 Å². The Morgan fingerprint density at radius 1 is 1.22 bits per heavy atom. The number of benzene rings is 1. The number of rotatable bonds is 4. The van der Waals surface area contributed by atoms with Crippen LogP contribution in [-0.4, -0.2) is 18.5 Å². The van der Waals surface area contributed by atoms with Gasteiger partial charge in [0, 0.05) is 18.2 Å². The van der Waals surface area contributed by atoms with Gasteiger partial charge in [-0.3, -0.25) is 14.8 Å². The molecule has 1 heterocycles. The smallest absolute Gasteiger partial charge is 0.269 e. The zero-order valence-electron chi connectivity index (χ0n) is 8.81. The molecule has 0 saturated carbocycles. The molecule has 0 saturated heterocycles. The van der Waals surface area contributed by atoms with Gasteiger partial charge in [-0.05, 0) is 12.1 Å². The average molecular weight is 269 g/mol. The van der Waals surface area contributed by atoms with Crippen LogP contribution in [-0.2, 0) is 10.0 Å². The third kappa shape index (κ3) is 2.46. The molecule has 94 valence electrons. The highest BCUT2D eigenvalue weighted by Gasteiger charge is 2.16. The van der Waals surface area contributed by atoms with E-state index >= 15 is 0 Å². The number of nitrogens with one attached hydrogen (secondary N) is 1. The lowest BCUT2D eigenvalue weighted by atomic mass is 10.3. The fourth-order valence-electron chi connectivity index (χ4n) is 1.21. The molecular weight excluding hydrogens is 262 g/mol. The molecule has 9 heteroatoms. The molecule has 0 radical (unpaired) electrons. The molecule has 0 atom stereocenters. The van der Waals surface area contributed by atoms with E-state index in [1.165, 1.54) is 12.3 Å². The maximum absolute atomic E-state index is 11.8. The van der Waals surface area contributed by atoms with Crippen molar-refractivity contribution in [3.8, 4) is 0 Å². The highest BCUT2D eigenvalue weighted by molar-refractivity contribution is 7.92. The number of hydrogen-bond donors (Lipinski definition) is 1. The summed E-state index contributed by atoms with van der Waals surface area (Å²) in [4.78, 5) is 9.73. The second-order valence-electron chi connectivity index (χ2n) is 3.24. The van der Waals surface area contributed by atoms with Crippen molar-refractivity contribution in [3.05, 3.63) is 46.7 Å². The third-order valence-corrected chi connectivity index (χ3v) is 3.41. The number of nitro benzene ring substituents is 1. The van der Waals surface area contributed by atoms with Gasteiger partial charge in [0.2, 0.25) is 0 Å². The van der Waals surface area contributed by atoms with Crippen molar-refractivity contribution in [1.29, 1.82) is 0 Å². The molecule has 0 fully saturated rings. The molecule has 0 spiro atoms. The van der Waals surface area contributed by atoms with E-state index in [0.717, 1.165) is 24.3 Å². The molecular formula is C9H7N3O5S. The van der Waals surface area contributed by atoms with Crippen LogP contribution in [0.1, 0.15) is 0 Å². The summed E-state index contributed by atoms with van der Waals surface area (Å²) in [6, 6.07) is 5.83. The average Bonchev–Trinajstić information content (AvgIpc) is 2.81. The first kappa shape index (κ1) is 12.0. The minimum atomic E-state index is -3.82. The second kappa shape index (κ2) is 4.45. The third-order valence-electron chi connectivity index (χ3n) is 2.03. The summed E-state index contributed by atoms with van der Waals surface area (Å²) in [7, 11) is -3.82. The Labute approximate surface area is 101 Å². The summed E-state index contributed by atoms with van der Waals surface area (Å²) < 4.78 is 30.3. The van der Waals surface area contributed by atoms with E-state index in [0.29, 0.717) is 0 Å². The summed E-state index contributed by atoms with van der Waals surface area (Å²) >= 11 is 0. The molecule has 1 aromatic carbocycles. The normalized spacial score (nSPS) is 11.1. The summed E-state index contributed by atoms with van der Waals surface area (Å²) in [5.74, 6) is 0.0355. The molecule has 0 aliphatic carbocycles. The number of aromatic nitrogens is 1. The van der Waals surface area contributed by atoms with Crippen molar-refractivity contribution in [3.63, 3.8) is 0 Å². The lowest BCUT2D eigenvalue weighted by molar-refractivity contribution is -0.384. The van der Waals surface area contributed by atoms with Crippen LogP contribution < -0.4 is 4.72 Å². The molecule has 0 unspecified atom stereocenters. The molecule has 1 N–H and O–H groups in total. The number of non-ortho nitro benzene ring substituents is 1. The van der Waals surface area contributed by atoms with Gasteiger partial charge in [0.25, 0.3) is 15.7 Å². The van der Waals surface area contributed by atoms with Crippen LogP contribution in [0.3, 0.4) is 0 Å². The molecule has 0 bridgehead atoms. The maximum atomic E-state index is 11.8. The van der Waals surface area contributed by atoms with Crippen molar-refractivity contribution >= 4 is 21.5 Å². The fourth-order valence-corrected chi connectivity index (χ4v) is 2.20. The van der Waals surface area contributed by atoms with Crippen molar-refractivity contribution < 1.29 is 17.9 Å². The van der Waals surface area contributed by atoms with Gasteiger partial charge in [-0.25, -0.2) is 8.42 Å². The van der Waals surface area contributed by atoms with Crippen LogP contribution in [0.2, 0.25) is 0 Å². The zero-order valence-corrected chi connectivity index (χ0v) is 9.62. The zero-order chi connectivity index (χ0) is 13.2. The largest absolute Gasteiger partial charge is 0.363 e. The Hall–Kier alpha value is -2.42. The standard InChI is InChI=1S/C9H7N3O5S/c13-12(14)7-1-3-8(4-2-7)18(15,16)11-9-5-6-17-10-9/h1-6H,(H,10,11). The Balaban J connectivity index is 2.27.